The molecule has 0 spiro atoms. The molecule has 0 atom stereocenters. The number of fused-ring (bicyclic) bond motifs is 1. The van der Waals surface area contributed by atoms with E-state index >= 15 is 0 Å². The van der Waals surface area contributed by atoms with Crippen molar-refractivity contribution in [3.63, 3.8) is 0 Å². The van der Waals surface area contributed by atoms with Gasteiger partial charge in [-0.25, -0.2) is 4.98 Å². The van der Waals surface area contributed by atoms with E-state index in [9.17, 15) is 20.0 Å². The number of aromatic hydroxyl groups is 1. The Balaban J connectivity index is 1.61. The highest BCUT2D eigenvalue weighted by Crippen LogP contribution is 2.26. The highest BCUT2D eigenvalue weighted by atomic mass is 16.6. The molecule has 0 saturated heterocycles. The van der Waals surface area contributed by atoms with Crippen LogP contribution in [0.5, 0.6) is 5.75 Å². The summed E-state index contributed by atoms with van der Waals surface area (Å²) in [6.45, 7) is 1.31. The SMILES string of the molecule is Nc1ccc(-c2nc3c(c(=O)[nH]2)CCN(Cc2cc([N+](=O)[O-])ccc2O)C3)cc1. The molecule has 0 bridgehead atoms. The van der Waals surface area contributed by atoms with E-state index in [1.54, 1.807) is 24.3 Å². The molecular weight excluding hydrogens is 374 g/mol. The summed E-state index contributed by atoms with van der Waals surface area (Å²) in [7, 11) is 0. The summed E-state index contributed by atoms with van der Waals surface area (Å²) >= 11 is 0. The molecule has 1 aliphatic rings. The zero-order chi connectivity index (χ0) is 20.5. The number of nitrogen functional groups attached to an aromatic ring is 1. The van der Waals surface area contributed by atoms with E-state index in [4.69, 9.17) is 5.73 Å². The van der Waals surface area contributed by atoms with E-state index < -0.39 is 4.92 Å². The summed E-state index contributed by atoms with van der Waals surface area (Å²) in [5.41, 5.74) is 8.63. The average Bonchev–Trinajstić information content (AvgIpc) is 2.69. The van der Waals surface area contributed by atoms with Crippen LogP contribution in [0.4, 0.5) is 11.4 Å². The molecule has 3 aromatic rings. The lowest BCUT2D eigenvalue weighted by Crippen LogP contribution is -2.35. The van der Waals surface area contributed by atoms with Gasteiger partial charge in [-0.1, -0.05) is 0 Å². The van der Waals surface area contributed by atoms with Gasteiger partial charge >= 0.3 is 0 Å². The maximum absolute atomic E-state index is 12.5. The van der Waals surface area contributed by atoms with Gasteiger partial charge in [-0.3, -0.25) is 19.8 Å². The molecule has 1 aromatic heterocycles. The number of benzene rings is 2. The Morgan fingerprint density at radius 2 is 2.00 bits per heavy atom. The Morgan fingerprint density at radius 3 is 2.72 bits per heavy atom. The predicted octanol–water partition coefficient (Wildman–Crippen LogP) is 2.19. The number of nitro benzene ring substituents is 1. The number of rotatable bonds is 4. The van der Waals surface area contributed by atoms with Gasteiger partial charge in [-0.15, -0.1) is 0 Å². The third-order valence-electron chi connectivity index (χ3n) is 5.00. The predicted molar refractivity (Wildman–Crippen MR) is 107 cm³/mol. The van der Waals surface area contributed by atoms with Crippen molar-refractivity contribution in [3.05, 3.63) is 79.8 Å². The Bertz CT molecular complexity index is 1140. The number of aromatic nitrogens is 2. The molecule has 2 heterocycles. The van der Waals surface area contributed by atoms with Crippen molar-refractivity contribution in [1.29, 1.82) is 0 Å². The van der Waals surface area contributed by atoms with E-state index in [1.165, 1.54) is 18.2 Å². The van der Waals surface area contributed by atoms with Crippen molar-refractivity contribution in [2.24, 2.45) is 0 Å². The van der Waals surface area contributed by atoms with E-state index in [2.05, 4.69) is 9.97 Å². The summed E-state index contributed by atoms with van der Waals surface area (Å²) in [6.07, 6.45) is 0.509. The van der Waals surface area contributed by atoms with Crippen molar-refractivity contribution < 1.29 is 10.0 Å². The number of phenolic OH excluding ortho intramolecular Hbond substituents is 1. The number of nitrogens with two attached hydrogens (primary N) is 1. The second kappa shape index (κ2) is 7.36. The average molecular weight is 393 g/mol. The molecule has 1 aliphatic heterocycles. The fraction of sp³-hybridized carbons (Fsp3) is 0.200. The summed E-state index contributed by atoms with van der Waals surface area (Å²) in [4.78, 5) is 32.5. The Hall–Kier alpha value is -3.72. The lowest BCUT2D eigenvalue weighted by atomic mass is 10.0. The second-order valence-corrected chi connectivity index (χ2v) is 6.99. The zero-order valence-corrected chi connectivity index (χ0v) is 15.5. The lowest BCUT2D eigenvalue weighted by molar-refractivity contribution is -0.385. The summed E-state index contributed by atoms with van der Waals surface area (Å²) in [6, 6.07) is 11.0. The van der Waals surface area contributed by atoms with Crippen molar-refractivity contribution in [2.45, 2.75) is 19.5 Å². The molecular formula is C20H19N5O4. The number of hydrogen-bond acceptors (Lipinski definition) is 7. The first-order valence-corrected chi connectivity index (χ1v) is 9.07. The van der Waals surface area contributed by atoms with Gasteiger partial charge in [0.15, 0.2) is 0 Å². The normalized spacial score (nSPS) is 13.8. The standard InChI is InChI=1S/C20H19N5O4/c21-14-3-1-12(2-4-14)19-22-17-11-24(8-7-16(17)20(27)23-19)10-13-9-15(25(28)29)5-6-18(13)26/h1-6,9,26H,7-8,10-11,21H2,(H,22,23,27). The molecule has 0 aliphatic carbocycles. The van der Waals surface area contributed by atoms with Crippen molar-refractivity contribution >= 4 is 11.4 Å². The molecule has 4 rings (SSSR count). The van der Waals surface area contributed by atoms with Crippen LogP contribution in [0.3, 0.4) is 0 Å². The van der Waals surface area contributed by atoms with Gasteiger partial charge in [0, 0.05) is 54.1 Å². The van der Waals surface area contributed by atoms with E-state index in [-0.39, 0.29) is 17.0 Å². The van der Waals surface area contributed by atoms with E-state index in [0.29, 0.717) is 54.4 Å². The smallest absolute Gasteiger partial charge is 0.270 e. The molecule has 4 N–H and O–H groups in total. The number of nitrogens with zero attached hydrogens (tertiary/aromatic N) is 3. The Kier molecular flexibility index (Phi) is 4.73. The molecule has 0 fully saturated rings. The van der Waals surface area contributed by atoms with Crippen LogP contribution in [-0.2, 0) is 19.5 Å². The van der Waals surface area contributed by atoms with Crippen LogP contribution in [0.15, 0.2) is 47.3 Å². The highest BCUT2D eigenvalue weighted by Gasteiger charge is 2.23. The number of non-ortho nitro benzene ring substituents is 1. The molecule has 2 aromatic carbocycles. The number of anilines is 1. The number of hydrogen-bond donors (Lipinski definition) is 3. The number of aromatic amines is 1. The van der Waals surface area contributed by atoms with Gasteiger partial charge in [0.05, 0.1) is 10.6 Å². The first kappa shape index (κ1) is 18.6. The van der Waals surface area contributed by atoms with Gasteiger partial charge in [-0.05, 0) is 36.8 Å². The Morgan fingerprint density at radius 1 is 1.24 bits per heavy atom. The van der Waals surface area contributed by atoms with Crippen LogP contribution in [0, 0.1) is 10.1 Å². The summed E-state index contributed by atoms with van der Waals surface area (Å²) in [5, 5.41) is 21.1. The maximum atomic E-state index is 12.5. The van der Waals surface area contributed by atoms with Gasteiger partial charge < -0.3 is 15.8 Å². The number of phenols is 1. The molecule has 0 radical (unpaired) electrons. The first-order valence-electron chi connectivity index (χ1n) is 9.07. The zero-order valence-electron chi connectivity index (χ0n) is 15.5. The van der Waals surface area contributed by atoms with Gasteiger partial charge in [0.1, 0.15) is 11.6 Å². The summed E-state index contributed by atoms with van der Waals surface area (Å²) < 4.78 is 0. The molecule has 9 heteroatoms. The largest absolute Gasteiger partial charge is 0.508 e. The van der Waals surface area contributed by atoms with Crippen LogP contribution >= 0.6 is 0 Å². The van der Waals surface area contributed by atoms with Gasteiger partial charge in [0.2, 0.25) is 0 Å². The minimum absolute atomic E-state index is 0.00262. The number of nitrogens with one attached hydrogen (secondary N) is 1. The van der Waals surface area contributed by atoms with Gasteiger partial charge in [0.25, 0.3) is 11.2 Å². The van der Waals surface area contributed by atoms with E-state index in [1.807, 2.05) is 4.90 Å². The molecule has 0 unspecified atom stereocenters. The number of nitro groups is 1. The second-order valence-electron chi connectivity index (χ2n) is 6.99. The fourth-order valence-corrected chi connectivity index (χ4v) is 3.46. The number of H-pyrrole nitrogens is 1. The third kappa shape index (κ3) is 3.81. The molecule has 0 saturated carbocycles. The Labute approximate surface area is 165 Å². The summed E-state index contributed by atoms with van der Waals surface area (Å²) in [5.74, 6) is 0.469. The maximum Gasteiger partial charge on any atom is 0.270 e. The van der Waals surface area contributed by atoms with Crippen molar-refractivity contribution in [3.8, 4) is 17.1 Å². The fourth-order valence-electron chi connectivity index (χ4n) is 3.46. The van der Waals surface area contributed by atoms with E-state index in [0.717, 1.165) is 5.56 Å². The van der Waals surface area contributed by atoms with Crippen LogP contribution in [-0.4, -0.2) is 31.4 Å². The monoisotopic (exact) mass is 393 g/mol. The molecule has 9 nitrogen and oxygen atoms in total. The minimum atomic E-state index is -0.492. The quantitative estimate of drug-likeness (QED) is 0.351. The molecule has 148 valence electrons. The van der Waals surface area contributed by atoms with Crippen LogP contribution in [0.25, 0.3) is 11.4 Å². The van der Waals surface area contributed by atoms with Crippen LogP contribution in [0.1, 0.15) is 16.8 Å². The highest BCUT2D eigenvalue weighted by molar-refractivity contribution is 5.58. The van der Waals surface area contributed by atoms with Gasteiger partial charge in [-0.2, -0.15) is 0 Å². The lowest BCUT2D eigenvalue weighted by Gasteiger charge is -2.27. The third-order valence-corrected chi connectivity index (χ3v) is 5.00. The van der Waals surface area contributed by atoms with Crippen molar-refractivity contribution in [2.75, 3.05) is 12.3 Å². The molecule has 0 amide bonds. The topological polar surface area (TPSA) is 138 Å². The first-order chi connectivity index (χ1) is 13.9. The van der Waals surface area contributed by atoms with Crippen molar-refractivity contribution in [1.82, 2.24) is 14.9 Å². The minimum Gasteiger partial charge on any atom is -0.508 e. The van der Waals surface area contributed by atoms with Crippen LogP contribution in [0.2, 0.25) is 0 Å². The molecule has 29 heavy (non-hydrogen) atoms. The van der Waals surface area contributed by atoms with Crippen LogP contribution < -0.4 is 11.3 Å².